The van der Waals surface area contributed by atoms with Crippen molar-refractivity contribution in [1.82, 2.24) is 5.32 Å². The summed E-state index contributed by atoms with van der Waals surface area (Å²) in [4.78, 5) is 1.42. The highest BCUT2D eigenvalue weighted by Gasteiger charge is 2.10. The van der Waals surface area contributed by atoms with Crippen LogP contribution in [0, 0.1) is 0 Å². The highest BCUT2D eigenvalue weighted by molar-refractivity contribution is 7.10. The van der Waals surface area contributed by atoms with Gasteiger partial charge in [0.05, 0.1) is 0 Å². The second kappa shape index (κ2) is 8.65. The van der Waals surface area contributed by atoms with Crippen LogP contribution in [0.2, 0.25) is 0 Å². The Morgan fingerprint density at radius 3 is 2.71 bits per heavy atom. The lowest BCUT2D eigenvalue weighted by molar-refractivity contribution is 0.363. The minimum atomic E-state index is 0.451. The summed E-state index contributed by atoms with van der Waals surface area (Å²) < 4.78 is 5.50. The lowest BCUT2D eigenvalue weighted by Crippen LogP contribution is -2.19. The van der Waals surface area contributed by atoms with E-state index in [0.717, 1.165) is 12.3 Å². The molecule has 1 unspecified atom stereocenters. The maximum Gasteiger partial charge on any atom is 0.119 e. The molecule has 0 radical (unpaired) electrons. The number of rotatable bonds is 9. The van der Waals surface area contributed by atoms with Gasteiger partial charge < -0.3 is 10.1 Å². The third-order valence-corrected chi connectivity index (χ3v) is 4.29. The molecule has 0 aliphatic rings. The monoisotopic (exact) mass is 301 g/mol. The van der Waals surface area contributed by atoms with Gasteiger partial charge in [-0.3, -0.25) is 0 Å². The molecular formula is C18H23NOS. The average Bonchev–Trinajstić information content (AvgIpc) is 3.04. The molecule has 2 rings (SSSR count). The molecule has 1 N–H and O–H groups in total. The van der Waals surface area contributed by atoms with Gasteiger partial charge in [0.25, 0.3) is 0 Å². The molecule has 0 saturated carbocycles. The van der Waals surface area contributed by atoms with Crippen LogP contribution in [0.5, 0.6) is 5.75 Å². The van der Waals surface area contributed by atoms with E-state index in [-0.39, 0.29) is 0 Å². The van der Waals surface area contributed by atoms with Crippen molar-refractivity contribution < 1.29 is 4.74 Å². The highest BCUT2D eigenvalue weighted by atomic mass is 32.1. The standard InChI is InChI=1S/C18H23NOS/c1-3-6-17(18-7-5-13-21-18)19-14-15-8-10-16(11-9-15)20-12-4-2/h4-5,7-11,13,17,19H,2-3,6,12,14H2,1H3. The molecule has 0 amide bonds. The zero-order valence-electron chi connectivity index (χ0n) is 12.5. The molecule has 3 heteroatoms. The number of hydrogen-bond donors (Lipinski definition) is 1. The fourth-order valence-corrected chi connectivity index (χ4v) is 3.06. The van der Waals surface area contributed by atoms with E-state index in [0.29, 0.717) is 12.6 Å². The maximum absolute atomic E-state index is 5.50. The van der Waals surface area contributed by atoms with E-state index < -0.39 is 0 Å². The Kier molecular flexibility index (Phi) is 6.51. The number of benzene rings is 1. The van der Waals surface area contributed by atoms with E-state index in [9.17, 15) is 0 Å². The Labute approximate surface area is 131 Å². The Morgan fingerprint density at radius 1 is 1.29 bits per heavy atom. The fraction of sp³-hybridized carbons (Fsp3) is 0.333. The zero-order chi connectivity index (χ0) is 14.9. The predicted molar refractivity (Wildman–Crippen MR) is 90.9 cm³/mol. The van der Waals surface area contributed by atoms with E-state index in [4.69, 9.17) is 4.74 Å². The summed E-state index contributed by atoms with van der Waals surface area (Å²) in [5, 5.41) is 5.80. The third-order valence-electron chi connectivity index (χ3n) is 3.31. The van der Waals surface area contributed by atoms with Crippen molar-refractivity contribution in [3.63, 3.8) is 0 Å². The first kappa shape index (κ1) is 15.8. The van der Waals surface area contributed by atoms with Gasteiger partial charge in [-0.25, -0.2) is 0 Å². The van der Waals surface area contributed by atoms with Crippen molar-refractivity contribution in [2.45, 2.75) is 32.4 Å². The van der Waals surface area contributed by atoms with E-state index in [1.165, 1.54) is 23.3 Å². The minimum Gasteiger partial charge on any atom is -0.490 e. The molecule has 1 aromatic carbocycles. The quantitative estimate of drug-likeness (QED) is 0.662. The molecule has 21 heavy (non-hydrogen) atoms. The summed E-state index contributed by atoms with van der Waals surface area (Å²) in [5.74, 6) is 0.891. The van der Waals surface area contributed by atoms with Crippen LogP contribution in [0.25, 0.3) is 0 Å². The number of thiophene rings is 1. The van der Waals surface area contributed by atoms with Gasteiger partial charge in [0.2, 0.25) is 0 Å². The van der Waals surface area contributed by atoms with Crippen molar-refractivity contribution >= 4 is 11.3 Å². The van der Waals surface area contributed by atoms with Crippen LogP contribution in [0.1, 0.15) is 36.2 Å². The van der Waals surface area contributed by atoms with Crippen molar-refractivity contribution in [2.24, 2.45) is 0 Å². The van der Waals surface area contributed by atoms with Gasteiger partial charge in [-0.05, 0) is 35.6 Å². The van der Waals surface area contributed by atoms with Crippen LogP contribution >= 0.6 is 11.3 Å². The lowest BCUT2D eigenvalue weighted by atomic mass is 10.1. The SMILES string of the molecule is C=CCOc1ccc(CNC(CCC)c2cccs2)cc1. The number of hydrogen-bond acceptors (Lipinski definition) is 3. The minimum absolute atomic E-state index is 0.451. The molecule has 1 heterocycles. The van der Waals surface area contributed by atoms with Gasteiger partial charge in [0.1, 0.15) is 12.4 Å². The van der Waals surface area contributed by atoms with Gasteiger partial charge in [-0.1, -0.05) is 44.2 Å². The van der Waals surface area contributed by atoms with Crippen LogP contribution in [0.3, 0.4) is 0 Å². The second-order valence-corrected chi connectivity index (χ2v) is 5.96. The van der Waals surface area contributed by atoms with Gasteiger partial charge in [-0.2, -0.15) is 0 Å². The van der Waals surface area contributed by atoms with Crippen molar-refractivity contribution in [3.05, 3.63) is 64.9 Å². The van der Waals surface area contributed by atoms with Gasteiger partial charge in [-0.15, -0.1) is 11.3 Å². The Morgan fingerprint density at radius 2 is 2.10 bits per heavy atom. The summed E-state index contributed by atoms with van der Waals surface area (Å²) in [6.45, 7) is 7.31. The van der Waals surface area contributed by atoms with Crippen LogP contribution in [-0.4, -0.2) is 6.61 Å². The Bertz CT molecular complexity index is 519. The molecule has 0 spiro atoms. The molecule has 0 fully saturated rings. The summed E-state index contributed by atoms with van der Waals surface area (Å²) in [6.07, 6.45) is 4.11. The highest BCUT2D eigenvalue weighted by Crippen LogP contribution is 2.23. The normalized spacial score (nSPS) is 12.0. The molecule has 1 aromatic heterocycles. The molecular weight excluding hydrogens is 278 g/mol. The van der Waals surface area contributed by atoms with Crippen LogP contribution in [0.4, 0.5) is 0 Å². The van der Waals surface area contributed by atoms with Crippen LogP contribution in [0.15, 0.2) is 54.4 Å². The summed E-state index contributed by atoms with van der Waals surface area (Å²) in [5.41, 5.74) is 1.28. The first-order chi connectivity index (χ1) is 10.3. The fourth-order valence-electron chi connectivity index (χ4n) is 2.22. The molecule has 0 aliphatic carbocycles. The van der Waals surface area contributed by atoms with E-state index in [1.807, 2.05) is 23.5 Å². The number of nitrogens with one attached hydrogen (secondary N) is 1. The first-order valence-corrected chi connectivity index (χ1v) is 8.31. The van der Waals surface area contributed by atoms with Crippen LogP contribution in [-0.2, 0) is 6.54 Å². The van der Waals surface area contributed by atoms with E-state index >= 15 is 0 Å². The molecule has 1 atom stereocenters. The topological polar surface area (TPSA) is 21.3 Å². The zero-order valence-corrected chi connectivity index (χ0v) is 13.4. The summed E-state index contributed by atoms with van der Waals surface area (Å²) in [6, 6.07) is 13.0. The molecule has 112 valence electrons. The Hall–Kier alpha value is -1.58. The molecule has 2 aromatic rings. The molecule has 0 saturated heterocycles. The lowest BCUT2D eigenvalue weighted by Gasteiger charge is -2.17. The largest absolute Gasteiger partial charge is 0.490 e. The predicted octanol–water partition coefficient (Wildman–Crippen LogP) is 4.94. The molecule has 0 bridgehead atoms. The van der Waals surface area contributed by atoms with Crippen molar-refractivity contribution in [2.75, 3.05) is 6.61 Å². The Balaban J connectivity index is 1.89. The average molecular weight is 301 g/mol. The first-order valence-electron chi connectivity index (χ1n) is 7.43. The van der Waals surface area contributed by atoms with Gasteiger partial charge in [0.15, 0.2) is 0 Å². The van der Waals surface area contributed by atoms with Crippen LogP contribution < -0.4 is 10.1 Å². The third kappa shape index (κ3) is 5.03. The van der Waals surface area contributed by atoms with Crippen molar-refractivity contribution in [1.29, 1.82) is 0 Å². The van der Waals surface area contributed by atoms with E-state index in [1.54, 1.807) is 6.08 Å². The van der Waals surface area contributed by atoms with E-state index in [2.05, 4.69) is 48.5 Å². The van der Waals surface area contributed by atoms with Crippen molar-refractivity contribution in [3.8, 4) is 5.75 Å². The summed E-state index contributed by atoms with van der Waals surface area (Å²) in [7, 11) is 0. The van der Waals surface area contributed by atoms with Gasteiger partial charge in [0, 0.05) is 17.5 Å². The summed E-state index contributed by atoms with van der Waals surface area (Å²) >= 11 is 1.83. The second-order valence-electron chi connectivity index (χ2n) is 4.98. The molecule has 0 aliphatic heterocycles. The number of ether oxygens (including phenoxy) is 1. The van der Waals surface area contributed by atoms with Gasteiger partial charge >= 0.3 is 0 Å². The molecule has 2 nitrogen and oxygen atoms in total. The smallest absolute Gasteiger partial charge is 0.119 e. The maximum atomic E-state index is 5.50.